The molecule has 0 bridgehead atoms. The molecule has 5 heteroatoms. The second-order valence-electron chi connectivity index (χ2n) is 4.36. The van der Waals surface area contributed by atoms with Crippen LogP contribution in [0.4, 0.5) is 0 Å². The van der Waals surface area contributed by atoms with Crippen molar-refractivity contribution in [1.82, 2.24) is 4.90 Å². The van der Waals surface area contributed by atoms with E-state index in [9.17, 15) is 0 Å². The molecule has 100 valence electrons. The van der Waals surface area contributed by atoms with Crippen molar-refractivity contribution < 1.29 is 14.6 Å². The average molecular weight is 252 g/mol. The molecule has 1 aromatic carbocycles. The molecule has 3 N–H and O–H groups in total. The molecule has 1 atom stereocenters. The lowest BCUT2D eigenvalue weighted by molar-refractivity contribution is 0.168. The number of nitrogens with two attached hydrogens (primary N) is 1. The third kappa shape index (κ3) is 2.75. The van der Waals surface area contributed by atoms with Crippen LogP contribution in [0.3, 0.4) is 0 Å². The number of hydrogen-bond acceptors (Lipinski definition) is 5. The van der Waals surface area contributed by atoms with Crippen LogP contribution >= 0.6 is 0 Å². The first-order valence-corrected chi connectivity index (χ1v) is 6.17. The lowest BCUT2D eigenvalue weighted by Gasteiger charge is -2.28. The first-order valence-electron chi connectivity index (χ1n) is 6.17. The van der Waals surface area contributed by atoms with Crippen LogP contribution in [-0.4, -0.2) is 50.0 Å². The molecular weight excluding hydrogens is 232 g/mol. The number of fused-ring (bicyclic) bond motifs is 1. The van der Waals surface area contributed by atoms with Crippen molar-refractivity contribution >= 4 is 0 Å². The molecule has 1 aliphatic rings. The van der Waals surface area contributed by atoms with Crippen molar-refractivity contribution in [2.24, 2.45) is 5.73 Å². The first kappa shape index (κ1) is 13.1. The molecule has 0 aliphatic carbocycles. The van der Waals surface area contributed by atoms with Gasteiger partial charge in [-0.25, -0.2) is 0 Å². The largest absolute Gasteiger partial charge is 0.486 e. The van der Waals surface area contributed by atoms with Crippen molar-refractivity contribution in [3.63, 3.8) is 0 Å². The van der Waals surface area contributed by atoms with Crippen LogP contribution in [0.15, 0.2) is 18.2 Å². The number of rotatable bonds is 5. The second kappa shape index (κ2) is 6.04. The molecule has 1 aliphatic heterocycles. The minimum atomic E-state index is 0.0768. The van der Waals surface area contributed by atoms with E-state index in [2.05, 4.69) is 0 Å². The van der Waals surface area contributed by atoms with Gasteiger partial charge in [0.15, 0.2) is 11.5 Å². The van der Waals surface area contributed by atoms with Crippen LogP contribution in [0.5, 0.6) is 11.5 Å². The van der Waals surface area contributed by atoms with Gasteiger partial charge in [0, 0.05) is 19.1 Å². The lowest BCUT2D eigenvalue weighted by Crippen LogP contribution is -2.32. The Bertz CT molecular complexity index is 398. The lowest BCUT2D eigenvalue weighted by atomic mass is 10.0. The molecule has 5 nitrogen and oxygen atoms in total. The van der Waals surface area contributed by atoms with Gasteiger partial charge >= 0.3 is 0 Å². The van der Waals surface area contributed by atoms with Gasteiger partial charge < -0.3 is 20.3 Å². The first-order chi connectivity index (χ1) is 8.76. The highest BCUT2D eigenvalue weighted by molar-refractivity contribution is 5.44. The van der Waals surface area contributed by atoms with E-state index in [1.165, 1.54) is 0 Å². The van der Waals surface area contributed by atoms with E-state index in [1.807, 2.05) is 30.1 Å². The van der Waals surface area contributed by atoms with Gasteiger partial charge in [-0.3, -0.25) is 4.90 Å². The minimum Gasteiger partial charge on any atom is -0.486 e. The van der Waals surface area contributed by atoms with Crippen LogP contribution in [0.1, 0.15) is 11.6 Å². The maximum absolute atomic E-state index is 8.99. The molecule has 0 radical (unpaired) electrons. The standard InChI is InChI=1S/C13H20N2O3/c1-15(4-5-16)11(9-14)10-2-3-12-13(8-10)18-7-6-17-12/h2-3,8,11,16H,4-7,9,14H2,1H3. The zero-order valence-electron chi connectivity index (χ0n) is 10.6. The summed E-state index contributed by atoms with van der Waals surface area (Å²) in [6, 6.07) is 5.96. The van der Waals surface area contributed by atoms with E-state index in [4.69, 9.17) is 20.3 Å². The number of hydrogen-bond donors (Lipinski definition) is 2. The Morgan fingerprint density at radius 3 is 2.72 bits per heavy atom. The predicted molar refractivity (Wildman–Crippen MR) is 68.9 cm³/mol. The third-order valence-electron chi connectivity index (χ3n) is 3.16. The Morgan fingerprint density at radius 1 is 1.33 bits per heavy atom. The number of nitrogens with zero attached hydrogens (tertiary/aromatic N) is 1. The van der Waals surface area contributed by atoms with E-state index in [1.54, 1.807) is 0 Å². The number of likely N-dealkylation sites (N-methyl/N-ethyl adjacent to an activating group) is 1. The molecule has 18 heavy (non-hydrogen) atoms. The third-order valence-corrected chi connectivity index (χ3v) is 3.16. The summed E-state index contributed by atoms with van der Waals surface area (Å²) in [7, 11) is 1.95. The molecule has 1 aromatic rings. The Morgan fingerprint density at radius 2 is 2.06 bits per heavy atom. The fourth-order valence-electron chi connectivity index (χ4n) is 2.15. The van der Waals surface area contributed by atoms with E-state index in [0.717, 1.165) is 17.1 Å². The Hall–Kier alpha value is -1.30. The second-order valence-corrected chi connectivity index (χ2v) is 4.36. The Labute approximate surface area is 107 Å². The van der Waals surface area contributed by atoms with Crippen LogP contribution in [0, 0.1) is 0 Å². The molecule has 0 aromatic heterocycles. The van der Waals surface area contributed by atoms with Crippen LogP contribution in [0.25, 0.3) is 0 Å². The van der Waals surface area contributed by atoms with E-state index in [-0.39, 0.29) is 12.6 Å². The summed E-state index contributed by atoms with van der Waals surface area (Å²) in [5, 5.41) is 8.99. The minimum absolute atomic E-state index is 0.0768. The number of ether oxygens (including phenoxy) is 2. The fourth-order valence-corrected chi connectivity index (χ4v) is 2.15. The molecule has 1 heterocycles. The highest BCUT2D eigenvalue weighted by atomic mass is 16.6. The Kier molecular flexibility index (Phi) is 4.41. The molecular formula is C13H20N2O3. The van der Waals surface area contributed by atoms with Gasteiger partial charge in [0.25, 0.3) is 0 Å². The van der Waals surface area contributed by atoms with Gasteiger partial charge in [0.1, 0.15) is 13.2 Å². The maximum Gasteiger partial charge on any atom is 0.161 e. The van der Waals surface area contributed by atoms with E-state index in [0.29, 0.717) is 26.3 Å². The molecule has 0 fully saturated rings. The summed E-state index contributed by atoms with van der Waals surface area (Å²) in [6.45, 7) is 2.39. The molecule has 0 saturated carbocycles. The molecule has 2 rings (SSSR count). The van der Waals surface area contributed by atoms with Crippen molar-refractivity contribution in [3.05, 3.63) is 23.8 Å². The zero-order valence-corrected chi connectivity index (χ0v) is 10.6. The molecule has 0 saturated heterocycles. The number of benzene rings is 1. The molecule has 0 spiro atoms. The summed E-state index contributed by atoms with van der Waals surface area (Å²) in [5.74, 6) is 1.56. The smallest absolute Gasteiger partial charge is 0.161 e. The van der Waals surface area contributed by atoms with Crippen LogP contribution in [-0.2, 0) is 0 Å². The van der Waals surface area contributed by atoms with Crippen LogP contribution in [0.2, 0.25) is 0 Å². The van der Waals surface area contributed by atoms with Gasteiger partial charge in [0.05, 0.1) is 6.61 Å². The van der Waals surface area contributed by atoms with Gasteiger partial charge in [0.2, 0.25) is 0 Å². The number of aliphatic hydroxyl groups is 1. The maximum atomic E-state index is 8.99. The summed E-state index contributed by atoms with van der Waals surface area (Å²) in [6.07, 6.45) is 0. The highest BCUT2D eigenvalue weighted by Crippen LogP contribution is 2.33. The Balaban J connectivity index is 2.20. The highest BCUT2D eigenvalue weighted by Gasteiger charge is 2.18. The monoisotopic (exact) mass is 252 g/mol. The summed E-state index contributed by atoms with van der Waals surface area (Å²) in [5.41, 5.74) is 6.90. The van der Waals surface area contributed by atoms with E-state index < -0.39 is 0 Å². The molecule has 0 amide bonds. The summed E-state index contributed by atoms with van der Waals surface area (Å²) in [4.78, 5) is 2.03. The van der Waals surface area contributed by atoms with Crippen molar-refractivity contribution in [2.75, 3.05) is 40.0 Å². The van der Waals surface area contributed by atoms with Gasteiger partial charge in [-0.1, -0.05) is 6.07 Å². The van der Waals surface area contributed by atoms with Gasteiger partial charge in [-0.2, -0.15) is 0 Å². The van der Waals surface area contributed by atoms with E-state index >= 15 is 0 Å². The van der Waals surface area contributed by atoms with Gasteiger partial charge in [-0.05, 0) is 24.7 Å². The SMILES string of the molecule is CN(CCO)C(CN)c1ccc2c(c1)OCCO2. The fraction of sp³-hybridized carbons (Fsp3) is 0.538. The summed E-state index contributed by atoms with van der Waals surface area (Å²) < 4.78 is 11.1. The quantitative estimate of drug-likeness (QED) is 0.793. The average Bonchev–Trinajstić information content (AvgIpc) is 2.40. The van der Waals surface area contributed by atoms with Crippen molar-refractivity contribution in [1.29, 1.82) is 0 Å². The molecule has 1 unspecified atom stereocenters. The predicted octanol–water partition coefficient (Wildman–Crippen LogP) is 0.382. The van der Waals surface area contributed by atoms with Crippen LogP contribution < -0.4 is 15.2 Å². The summed E-state index contributed by atoms with van der Waals surface area (Å²) >= 11 is 0. The van der Waals surface area contributed by atoms with Gasteiger partial charge in [-0.15, -0.1) is 0 Å². The van der Waals surface area contributed by atoms with Crippen molar-refractivity contribution in [2.45, 2.75) is 6.04 Å². The normalized spacial score (nSPS) is 15.8. The zero-order chi connectivity index (χ0) is 13.0. The van der Waals surface area contributed by atoms with Crippen molar-refractivity contribution in [3.8, 4) is 11.5 Å². The number of aliphatic hydroxyl groups excluding tert-OH is 1. The topological polar surface area (TPSA) is 68.0 Å².